The van der Waals surface area contributed by atoms with Gasteiger partial charge in [-0.15, -0.1) is 0 Å². The van der Waals surface area contributed by atoms with Gasteiger partial charge in [0.1, 0.15) is 18.8 Å². The van der Waals surface area contributed by atoms with E-state index in [-0.39, 0.29) is 0 Å². The third kappa shape index (κ3) is 8.47. The highest BCUT2D eigenvalue weighted by atomic mass is 16.7. The molecule has 198 valence electrons. The van der Waals surface area contributed by atoms with Crippen molar-refractivity contribution in [2.75, 3.05) is 20.8 Å². The minimum absolute atomic E-state index is 0.411. The van der Waals surface area contributed by atoms with Gasteiger partial charge in [-0.05, 0) is 0 Å². The van der Waals surface area contributed by atoms with E-state index in [0.717, 1.165) is 41.9 Å². The van der Waals surface area contributed by atoms with Crippen molar-refractivity contribution >= 4 is 35.8 Å². The lowest BCUT2D eigenvalue weighted by molar-refractivity contribution is -0.307. The van der Waals surface area contributed by atoms with Gasteiger partial charge in [0.15, 0.2) is 12.2 Å². The Hall–Kier alpha value is -3.26. The summed E-state index contributed by atoms with van der Waals surface area (Å²) in [5, 5.41) is 2.54. The van der Waals surface area contributed by atoms with Gasteiger partial charge in [0, 0.05) is 41.7 Å². The van der Waals surface area contributed by atoms with E-state index in [4.69, 9.17) is 33.2 Å². The molecule has 14 heteroatoms. The van der Waals surface area contributed by atoms with E-state index in [1.165, 1.54) is 6.92 Å². The van der Waals surface area contributed by atoms with Crippen LogP contribution in [0.3, 0.4) is 0 Å². The molecule has 1 fully saturated rings. The van der Waals surface area contributed by atoms with Gasteiger partial charge in [0.05, 0.1) is 19.6 Å². The second kappa shape index (κ2) is 13.0. The van der Waals surface area contributed by atoms with Gasteiger partial charge >= 0.3 is 29.8 Å². The maximum Gasteiger partial charge on any atom is 0.366 e. The molecule has 35 heavy (non-hydrogen) atoms. The normalized spacial score (nSPS) is 25.3. The topological polar surface area (TPSA) is 179 Å². The number of carbonyl (C=O) groups is 6. The van der Waals surface area contributed by atoms with Crippen LogP contribution in [0.25, 0.3) is 0 Å². The molecule has 1 aliphatic rings. The number of nitrogens with one attached hydrogen (secondary N) is 1. The number of rotatable bonds is 10. The lowest BCUT2D eigenvalue weighted by atomic mass is 9.88. The first-order valence-corrected chi connectivity index (χ1v) is 10.5. The minimum atomic E-state index is -2.17. The van der Waals surface area contributed by atoms with Gasteiger partial charge in [-0.2, -0.15) is 0 Å². The Labute approximate surface area is 201 Å². The molecule has 0 aromatic carbocycles. The standard InChI is InChI=1S/C21H31NO13/c1-10(23)22-17-15(32-12(3)25)8-21(30-7,20(28)29-6)35-19(17)18(34-14(5)27)16(33-13(4)26)9-31-11(2)24/h15-19H,8-9H2,1-7H3,(H,22,23)/t15-,16-,17-,18-,19+,21-/m1/s1. The Bertz CT molecular complexity index is 828. The van der Waals surface area contributed by atoms with E-state index in [2.05, 4.69) is 5.32 Å². The number of hydrogen-bond donors (Lipinski definition) is 1. The van der Waals surface area contributed by atoms with Crippen LogP contribution in [0.5, 0.6) is 0 Å². The SMILES string of the molecule is COC(=O)[C@@]1(OC)C[C@@H](OC(C)=O)[C@@H](NC(C)=O)[C@@H]([C@H](OC(C)=O)[C@@H](COC(C)=O)OC(C)=O)O1. The number of methoxy groups -OCH3 is 2. The highest BCUT2D eigenvalue weighted by molar-refractivity contribution is 5.79. The van der Waals surface area contributed by atoms with Crippen molar-refractivity contribution in [3.05, 3.63) is 0 Å². The van der Waals surface area contributed by atoms with Crippen LogP contribution in [0.2, 0.25) is 0 Å². The quantitative estimate of drug-likeness (QED) is 0.287. The third-order valence-corrected chi connectivity index (χ3v) is 4.82. The second-order valence-electron chi connectivity index (χ2n) is 7.63. The van der Waals surface area contributed by atoms with E-state index in [1.54, 1.807) is 0 Å². The third-order valence-electron chi connectivity index (χ3n) is 4.82. The van der Waals surface area contributed by atoms with Crippen molar-refractivity contribution in [2.24, 2.45) is 0 Å². The largest absolute Gasteiger partial charge is 0.465 e. The number of carbonyl (C=O) groups excluding carboxylic acids is 6. The van der Waals surface area contributed by atoms with Gasteiger partial charge in [0.25, 0.3) is 5.79 Å². The fraction of sp³-hybridized carbons (Fsp3) is 0.714. The molecular formula is C21H31NO13. The molecule has 0 aromatic rings. The van der Waals surface area contributed by atoms with Crippen LogP contribution in [-0.4, -0.2) is 92.8 Å². The summed E-state index contributed by atoms with van der Waals surface area (Å²) in [5.74, 6) is -6.96. The molecule has 1 saturated heterocycles. The molecule has 1 rings (SSSR count). The van der Waals surface area contributed by atoms with Crippen LogP contribution in [0, 0.1) is 0 Å². The highest BCUT2D eigenvalue weighted by Crippen LogP contribution is 2.36. The fourth-order valence-electron chi connectivity index (χ4n) is 3.61. The smallest absolute Gasteiger partial charge is 0.366 e. The van der Waals surface area contributed by atoms with Crippen LogP contribution in [-0.2, 0) is 61.9 Å². The number of ether oxygens (including phenoxy) is 7. The van der Waals surface area contributed by atoms with Gasteiger partial charge < -0.3 is 38.5 Å². The molecule has 0 bridgehead atoms. The number of amides is 1. The molecule has 14 nitrogen and oxygen atoms in total. The van der Waals surface area contributed by atoms with Crippen LogP contribution in [0.1, 0.15) is 41.0 Å². The molecule has 1 aliphatic heterocycles. The van der Waals surface area contributed by atoms with Crippen LogP contribution in [0.15, 0.2) is 0 Å². The zero-order chi connectivity index (χ0) is 26.9. The van der Waals surface area contributed by atoms with Crippen molar-refractivity contribution in [3.8, 4) is 0 Å². The van der Waals surface area contributed by atoms with Gasteiger partial charge in [-0.1, -0.05) is 0 Å². The van der Waals surface area contributed by atoms with Crippen LogP contribution < -0.4 is 5.32 Å². The molecule has 0 radical (unpaired) electrons. The predicted molar refractivity (Wildman–Crippen MR) is 112 cm³/mol. The zero-order valence-electron chi connectivity index (χ0n) is 20.6. The lowest BCUT2D eigenvalue weighted by Gasteiger charge is -2.48. The zero-order valence-corrected chi connectivity index (χ0v) is 20.6. The maximum atomic E-state index is 12.7. The molecule has 1 heterocycles. The second-order valence-corrected chi connectivity index (χ2v) is 7.63. The average molecular weight is 505 g/mol. The van der Waals surface area contributed by atoms with Gasteiger partial charge in [-0.3, -0.25) is 24.0 Å². The first kappa shape index (κ1) is 29.8. The van der Waals surface area contributed by atoms with E-state index < -0.39 is 85.0 Å². The summed E-state index contributed by atoms with van der Waals surface area (Å²) in [6.45, 7) is 4.92. The molecule has 0 spiro atoms. The van der Waals surface area contributed by atoms with E-state index in [1.807, 2.05) is 0 Å². The molecule has 0 unspecified atom stereocenters. The number of esters is 5. The van der Waals surface area contributed by atoms with Gasteiger partial charge in [-0.25, -0.2) is 4.79 Å². The van der Waals surface area contributed by atoms with Crippen molar-refractivity contribution in [1.29, 1.82) is 0 Å². The summed E-state index contributed by atoms with van der Waals surface area (Å²) in [7, 11) is 2.19. The summed E-state index contributed by atoms with van der Waals surface area (Å²) in [4.78, 5) is 71.8. The Morgan fingerprint density at radius 2 is 1.51 bits per heavy atom. The van der Waals surface area contributed by atoms with Crippen molar-refractivity contribution in [3.63, 3.8) is 0 Å². The molecule has 0 aromatic heterocycles. The van der Waals surface area contributed by atoms with Crippen molar-refractivity contribution in [1.82, 2.24) is 5.32 Å². The van der Waals surface area contributed by atoms with E-state index >= 15 is 0 Å². The fourth-order valence-corrected chi connectivity index (χ4v) is 3.61. The summed E-state index contributed by atoms with van der Waals surface area (Å²) in [5.41, 5.74) is 0. The van der Waals surface area contributed by atoms with Crippen LogP contribution >= 0.6 is 0 Å². The Kier molecular flexibility index (Phi) is 11.1. The summed E-state index contributed by atoms with van der Waals surface area (Å²) in [6.07, 6.45) is -6.22. The molecule has 1 N–H and O–H groups in total. The monoisotopic (exact) mass is 505 g/mol. The Morgan fingerprint density at radius 1 is 0.914 bits per heavy atom. The van der Waals surface area contributed by atoms with Crippen molar-refractivity contribution < 1.29 is 61.9 Å². The van der Waals surface area contributed by atoms with E-state index in [0.29, 0.717) is 0 Å². The summed E-state index contributed by atoms with van der Waals surface area (Å²) in [6, 6.07) is -1.23. The summed E-state index contributed by atoms with van der Waals surface area (Å²) < 4.78 is 36.9. The average Bonchev–Trinajstić information content (AvgIpc) is 2.74. The molecular weight excluding hydrogens is 474 g/mol. The highest BCUT2D eigenvalue weighted by Gasteiger charge is 2.58. The lowest BCUT2D eigenvalue weighted by Crippen LogP contribution is -2.69. The summed E-state index contributed by atoms with van der Waals surface area (Å²) >= 11 is 0. The molecule has 6 atom stereocenters. The predicted octanol–water partition coefficient (Wildman–Crippen LogP) is -0.846. The number of hydrogen-bond acceptors (Lipinski definition) is 13. The molecule has 0 aliphatic carbocycles. The molecule has 1 amide bonds. The van der Waals surface area contributed by atoms with Crippen LogP contribution in [0.4, 0.5) is 0 Å². The van der Waals surface area contributed by atoms with Crippen molar-refractivity contribution in [2.45, 2.75) is 77.3 Å². The molecule has 0 saturated carbocycles. The Morgan fingerprint density at radius 3 is 1.94 bits per heavy atom. The van der Waals surface area contributed by atoms with E-state index in [9.17, 15) is 28.8 Å². The van der Waals surface area contributed by atoms with Gasteiger partial charge in [0.2, 0.25) is 5.91 Å². The Balaban J connectivity index is 3.72. The first-order valence-electron chi connectivity index (χ1n) is 10.5. The maximum absolute atomic E-state index is 12.7. The minimum Gasteiger partial charge on any atom is -0.465 e. The first-order chi connectivity index (χ1) is 16.3.